The quantitative estimate of drug-likeness (QED) is 0.700. The molecule has 2 rings (SSSR count). The van der Waals surface area contributed by atoms with E-state index in [0.717, 1.165) is 31.4 Å². The first-order chi connectivity index (χ1) is 11.6. The molecule has 132 valence electrons. The molecule has 4 heteroatoms. The molecule has 1 aliphatic heterocycles. The van der Waals surface area contributed by atoms with Crippen molar-refractivity contribution in [3.8, 4) is 0 Å². The lowest BCUT2D eigenvalue weighted by atomic mass is 9.90. The highest BCUT2D eigenvalue weighted by molar-refractivity contribution is 6.02. The van der Waals surface area contributed by atoms with Gasteiger partial charge < -0.3 is 14.8 Å². The molecule has 1 aromatic carbocycles. The summed E-state index contributed by atoms with van der Waals surface area (Å²) < 4.78 is 11.7. The van der Waals surface area contributed by atoms with Crippen molar-refractivity contribution in [2.45, 2.75) is 52.7 Å². The van der Waals surface area contributed by atoms with Gasteiger partial charge in [-0.3, -0.25) is 4.79 Å². The molecule has 0 spiro atoms. The topological polar surface area (TPSA) is 47.6 Å². The van der Waals surface area contributed by atoms with Crippen LogP contribution in [0.3, 0.4) is 0 Å². The van der Waals surface area contributed by atoms with Crippen molar-refractivity contribution in [2.24, 2.45) is 11.8 Å². The number of anilines is 1. The number of carbonyl (C=O) groups is 1. The van der Waals surface area contributed by atoms with Crippen LogP contribution in [0.4, 0.5) is 5.69 Å². The van der Waals surface area contributed by atoms with E-state index in [2.05, 4.69) is 26.1 Å². The van der Waals surface area contributed by atoms with Gasteiger partial charge in [-0.05, 0) is 36.5 Å². The van der Waals surface area contributed by atoms with E-state index in [1.165, 1.54) is 0 Å². The van der Waals surface area contributed by atoms with Crippen LogP contribution in [0, 0.1) is 11.8 Å². The van der Waals surface area contributed by atoms with Crippen molar-refractivity contribution in [3.63, 3.8) is 0 Å². The number of nitrogens with one attached hydrogen (secondary N) is 1. The third kappa shape index (κ3) is 5.68. The molecule has 24 heavy (non-hydrogen) atoms. The van der Waals surface area contributed by atoms with Crippen molar-refractivity contribution in [1.29, 1.82) is 0 Å². The van der Waals surface area contributed by atoms with Crippen LogP contribution in [0.25, 0.3) is 0 Å². The third-order valence-electron chi connectivity index (χ3n) is 4.25. The van der Waals surface area contributed by atoms with Gasteiger partial charge in [-0.1, -0.05) is 51.8 Å². The van der Waals surface area contributed by atoms with Gasteiger partial charge in [0.15, 0.2) is 5.76 Å². The Hall–Kier alpha value is -1.81. The van der Waals surface area contributed by atoms with Crippen LogP contribution in [0.2, 0.25) is 0 Å². The summed E-state index contributed by atoms with van der Waals surface area (Å²) in [4.78, 5) is 12.5. The first-order valence-corrected chi connectivity index (χ1v) is 8.96. The summed E-state index contributed by atoms with van der Waals surface area (Å²) >= 11 is 0. The highest BCUT2D eigenvalue weighted by Gasteiger charge is 2.29. The zero-order valence-corrected chi connectivity index (χ0v) is 15.0. The van der Waals surface area contributed by atoms with E-state index in [1.807, 2.05) is 36.4 Å². The van der Waals surface area contributed by atoms with Crippen LogP contribution < -0.4 is 5.32 Å². The van der Waals surface area contributed by atoms with Crippen LogP contribution in [-0.2, 0) is 14.3 Å². The van der Waals surface area contributed by atoms with E-state index in [-0.39, 0.29) is 18.1 Å². The van der Waals surface area contributed by atoms with Gasteiger partial charge in [-0.15, -0.1) is 0 Å². The number of allylic oxidation sites excluding steroid dienone is 1. The molecule has 0 aromatic heterocycles. The largest absolute Gasteiger partial charge is 0.459 e. The normalized spacial score (nSPS) is 20.4. The molecule has 2 atom stereocenters. The number of para-hydroxylation sites is 1. The summed E-state index contributed by atoms with van der Waals surface area (Å²) in [5.74, 6) is 0.875. The van der Waals surface area contributed by atoms with Crippen LogP contribution in [0.1, 0.15) is 46.5 Å². The van der Waals surface area contributed by atoms with E-state index < -0.39 is 0 Å². The highest BCUT2D eigenvalue weighted by atomic mass is 16.7. The molecule has 1 heterocycles. The second-order valence-electron chi connectivity index (χ2n) is 6.62. The molecule has 0 bridgehead atoms. The zero-order valence-electron chi connectivity index (χ0n) is 15.0. The molecule has 0 saturated carbocycles. The molecule has 1 amide bonds. The van der Waals surface area contributed by atoms with Crippen molar-refractivity contribution in [2.75, 3.05) is 11.9 Å². The van der Waals surface area contributed by atoms with Crippen LogP contribution >= 0.6 is 0 Å². The van der Waals surface area contributed by atoms with Crippen molar-refractivity contribution < 1.29 is 14.3 Å². The summed E-state index contributed by atoms with van der Waals surface area (Å²) in [7, 11) is 0. The second-order valence-corrected chi connectivity index (χ2v) is 6.62. The number of carbonyl (C=O) groups excluding carboxylic acids is 1. The number of benzene rings is 1. The molecule has 1 aromatic rings. The molecule has 0 radical (unpaired) electrons. The minimum absolute atomic E-state index is 0.214. The van der Waals surface area contributed by atoms with E-state index in [1.54, 1.807) is 0 Å². The molecular weight excluding hydrogens is 302 g/mol. The minimum Gasteiger partial charge on any atom is -0.459 e. The van der Waals surface area contributed by atoms with Crippen molar-refractivity contribution in [3.05, 3.63) is 42.2 Å². The van der Waals surface area contributed by atoms with E-state index in [0.29, 0.717) is 18.3 Å². The summed E-state index contributed by atoms with van der Waals surface area (Å²) in [6, 6.07) is 9.42. The van der Waals surface area contributed by atoms with Gasteiger partial charge in [0.25, 0.3) is 5.91 Å². The molecule has 1 aliphatic rings. The summed E-state index contributed by atoms with van der Waals surface area (Å²) in [6.45, 7) is 7.16. The Morgan fingerprint density at radius 1 is 1.29 bits per heavy atom. The Morgan fingerprint density at radius 3 is 2.71 bits per heavy atom. The van der Waals surface area contributed by atoms with Crippen LogP contribution in [0.5, 0.6) is 0 Å². The Labute approximate surface area is 145 Å². The molecule has 1 N–H and O–H groups in total. The van der Waals surface area contributed by atoms with Gasteiger partial charge >= 0.3 is 0 Å². The molecular formula is C20H29NO3. The number of rotatable bonds is 8. The average molecular weight is 331 g/mol. The number of amides is 1. The van der Waals surface area contributed by atoms with Gasteiger partial charge in [-0.2, -0.15) is 0 Å². The Morgan fingerprint density at radius 2 is 2.04 bits per heavy atom. The summed E-state index contributed by atoms with van der Waals surface area (Å²) in [5.41, 5.74) is 0.763. The fourth-order valence-corrected chi connectivity index (χ4v) is 2.69. The SMILES string of the molecule is CCCCCO[C@H]1C[C@@H](C(C)C)C=C(C(=O)Nc2ccccc2)O1. The van der Waals surface area contributed by atoms with E-state index in [4.69, 9.17) is 9.47 Å². The standard InChI is InChI=1S/C20H29NO3/c1-4-5-9-12-23-19-14-16(15(2)3)13-18(24-19)20(22)21-17-10-7-6-8-11-17/h6-8,10-11,13,15-16,19H,4-5,9,12,14H2,1-3H3,(H,21,22)/t16-,19+/m0/s1. The Bertz CT molecular complexity index is 539. The van der Waals surface area contributed by atoms with Gasteiger partial charge in [0, 0.05) is 12.1 Å². The fourth-order valence-electron chi connectivity index (χ4n) is 2.69. The Kier molecular flexibility index (Phi) is 7.32. The predicted octanol–water partition coefficient (Wildman–Crippen LogP) is 4.73. The minimum atomic E-state index is -0.337. The van der Waals surface area contributed by atoms with Crippen molar-refractivity contribution in [1.82, 2.24) is 0 Å². The van der Waals surface area contributed by atoms with Crippen LogP contribution in [0.15, 0.2) is 42.2 Å². The highest BCUT2D eigenvalue weighted by Crippen LogP contribution is 2.29. The van der Waals surface area contributed by atoms with E-state index in [9.17, 15) is 4.79 Å². The lowest BCUT2D eigenvalue weighted by Crippen LogP contribution is -2.31. The lowest BCUT2D eigenvalue weighted by Gasteiger charge is -2.30. The number of ether oxygens (including phenoxy) is 2. The summed E-state index contributed by atoms with van der Waals surface area (Å²) in [6.07, 6.45) is 5.74. The first kappa shape index (κ1) is 18.5. The first-order valence-electron chi connectivity index (χ1n) is 8.96. The lowest BCUT2D eigenvalue weighted by molar-refractivity contribution is -0.148. The zero-order chi connectivity index (χ0) is 17.4. The molecule has 0 aliphatic carbocycles. The third-order valence-corrected chi connectivity index (χ3v) is 4.25. The molecule has 0 unspecified atom stereocenters. The monoisotopic (exact) mass is 331 g/mol. The number of hydrogen-bond acceptors (Lipinski definition) is 3. The number of hydrogen-bond donors (Lipinski definition) is 1. The Balaban J connectivity index is 1.98. The average Bonchev–Trinajstić information content (AvgIpc) is 2.59. The number of unbranched alkanes of at least 4 members (excludes halogenated alkanes) is 2. The molecule has 0 saturated heterocycles. The molecule has 4 nitrogen and oxygen atoms in total. The maximum absolute atomic E-state index is 12.5. The van der Waals surface area contributed by atoms with Crippen molar-refractivity contribution >= 4 is 11.6 Å². The fraction of sp³-hybridized carbons (Fsp3) is 0.550. The second kappa shape index (κ2) is 9.48. The predicted molar refractivity (Wildman–Crippen MR) is 96.4 cm³/mol. The van der Waals surface area contributed by atoms with Gasteiger partial charge in [0.2, 0.25) is 6.29 Å². The van der Waals surface area contributed by atoms with Gasteiger partial charge in [0.05, 0.1) is 6.61 Å². The van der Waals surface area contributed by atoms with E-state index >= 15 is 0 Å². The molecule has 0 fully saturated rings. The van der Waals surface area contributed by atoms with Crippen LogP contribution in [-0.4, -0.2) is 18.8 Å². The summed E-state index contributed by atoms with van der Waals surface area (Å²) in [5, 5.41) is 2.88. The maximum atomic E-state index is 12.5. The van der Waals surface area contributed by atoms with Gasteiger partial charge in [-0.25, -0.2) is 0 Å². The maximum Gasteiger partial charge on any atom is 0.290 e. The van der Waals surface area contributed by atoms with Gasteiger partial charge in [0.1, 0.15) is 0 Å². The smallest absolute Gasteiger partial charge is 0.290 e.